The van der Waals surface area contributed by atoms with Crippen molar-refractivity contribution in [3.05, 3.63) is 23.8 Å². The Balaban J connectivity index is 2.22. The van der Waals surface area contributed by atoms with Crippen LogP contribution in [0.15, 0.2) is 18.2 Å². The van der Waals surface area contributed by atoms with Crippen LogP contribution in [0.4, 0.5) is 5.69 Å². The summed E-state index contributed by atoms with van der Waals surface area (Å²) >= 11 is 0. The Bertz CT molecular complexity index is 439. The molecule has 0 amide bonds. The first-order valence-corrected chi connectivity index (χ1v) is 8.29. The normalized spacial score (nSPS) is 16.2. The zero-order valence-electron chi connectivity index (χ0n) is 14.0. The molecule has 0 atom stereocenters. The summed E-state index contributed by atoms with van der Waals surface area (Å²) in [6.07, 6.45) is 6.90. The molecular weight excluding hydrogens is 260 g/mol. The molecule has 2 rings (SSSR count). The maximum absolute atomic E-state index is 6.07. The van der Waals surface area contributed by atoms with E-state index in [9.17, 15) is 0 Å². The van der Waals surface area contributed by atoms with E-state index < -0.39 is 0 Å². The van der Waals surface area contributed by atoms with Gasteiger partial charge in [0.25, 0.3) is 0 Å². The molecule has 1 aliphatic carbocycles. The van der Waals surface area contributed by atoms with E-state index in [1.807, 2.05) is 7.05 Å². The molecule has 1 saturated carbocycles. The summed E-state index contributed by atoms with van der Waals surface area (Å²) in [6, 6.07) is 7.27. The third-order valence-electron chi connectivity index (χ3n) is 4.27. The molecule has 118 valence electrons. The number of ether oxygens (including phenoxy) is 1. The number of rotatable bonds is 6. The van der Waals surface area contributed by atoms with Gasteiger partial charge in [-0.15, -0.1) is 0 Å². The lowest BCUT2D eigenvalue weighted by atomic mass is 9.94. The molecule has 0 aromatic heterocycles. The van der Waals surface area contributed by atoms with Crippen molar-refractivity contribution in [2.45, 2.75) is 64.6 Å². The van der Waals surface area contributed by atoms with Gasteiger partial charge in [0.2, 0.25) is 0 Å². The molecule has 3 nitrogen and oxygen atoms in total. The van der Waals surface area contributed by atoms with E-state index in [-0.39, 0.29) is 6.10 Å². The number of benzene rings is 1. The molecule has 1 fully saturated rings. The SMILES string of the molecule is CNCc1ccc(N(C)C2CCCCC2)c(OC(C)C)c1. The Morgan fingerprint density at radius 1 is 1.24 bits per heavy atom. The van der Waals surface area contributed by atoms with Crippen molar-refractivity contribution in [3.63, 3.8) is 0 Å². The van der Waals surface area contributed by atoms with Gasteiger partial charge in [-0.3, -0.25) is 0 Å². The van der Waals surface area contributed by atoms with Gasteiger partial charge >= 0.3 is 0 Å². The van der Waals surface area contributed by atoms with Crippen LogP contribution >= 0.6 is 0 Å². The van der Waals surface area contributed by atoms with Crippen molar-refractivity contribution in [1.29, 1.82) is 0 Å². The lowest BCUT2D eigenvalue weighted by Gasteiger charge is -2.34. The average Bonchev–Trinajstić information content (AvgIpc) is 2.47. The smallest absolute Gasteiger partial charge is 0.143 e. The molecule has 0 radical (unpaired) electrons. The summed E-state index contributed by atoms with van der Waals surface area (Å²) in [7, 11) is 4.20. The summed E-state index contributed by atoms with van der Waals surface area (Å²) in [6.45, 7) is 5.06. The van der Waals surface area contributed by atoms with Gasteiger partial charge in [-0.25, -0.2) is 0 Å². The number of nitrogens with one attached hydrogen (secondary N) is 1. The van der Waals surface area contributed by atoms with E-state index in [0.29, 0.717) is 6.04 Å². The molecule has 21 heavy (non-hydrogen) atoms. The lowest BCUT2D eigenvalue weighted by molar-refractivity contribution is 0.242. The highest BCUT2D eigenvalue weighted by Gasteiger charge is 2.21. The van der Waals surface area contributed by atoms with Gasteiger partial charge in [0.15, 0.2) is 0 Å². The minimum atomic E-state index is 0.202. The minimum absolute atomic E-state index is 0.202. The summed E-state index contributed by atoms with van der Waals surface area (Å²) in [4.78, 5) is 2.43. The molecule has 1 aromatic rings. The number of hydrogen-bond donors (Lipinski definition) is 1. The highest BCUT2D eigenvalue weighted by Crippen LogP contribution is 2.34. The van der Waals surface area contributed by atoms with Crippen LogP contribution in [0, 0.1) is 0 Å². The van der Waals surface area contributed by atoms with Gasteiger partial charge in [-0.1, -0.05) is 25.3 Å². The average molecular weight is 290 g/mol. The fourth-order valence-corrected chi connectivity index (χ4v) is 3.18. The molecule has 1 aromatic carbocycles. The van der Waals surface area contributed by atoms with E-state index in [0.717, 1.165) is 12.3 Å². The monoisotopic (exact) mass is 290 g/mol. The second-order valence-corrected chi connectivity index (χ2v) is 6.40. The maximum atomic E-state index is 6.07. The zero-order chi connectivity index (χ0) is 15.2. The van der Waals surface area contributed by atoms with E-state index in [4.69, 9.17) is 4.74 Å². The number of nitrogens with zero attached hydrogens (tertiary/aromatic N) is 1. The fraction of sp³-hybridized carbons (Fsp3) is 0.667. The Kier molecular flexibility index (Phi) is 5.92. The lowest BCUT2D eigenvalue weighted by Crippen LogP contribution is -2.33. The predicted molar refractivity (Wildman–Crippen MR) is 90.2 cm³/mol. The standard InChI is InChI=1S/C18H30N2O/c1-14(2)21-18-12-15(13-19-3)10-11-17(18)20(4)16-8-6-5-7-9-16/h10-12,14,16,19H,5-9,13H2,1-4H3. The van der Waals surface area contributed by atoms with Crippen molar-refractivity contribution in [2.75, 3.05) is 19.0 Å². The molecule has 0 saturated heterocycles. The molecule has 1 aliphatic rings. The highest BCUT2D eigenvalue weighted by molar-refractivity contribution is 5.60. The van der Waals surface area contributed by atoms with Crippen molar-refractivity contribution in [1.82, 2.24) is 5.32 Å². The van der Waals surface area contributed by atoms with Gasteiger partial charge < -0.3 is 15.0 Å². The molecule has 0 spiro atoms. The zero-order valence-corrected chi connectivity index (χ0v) is 14.0. The first-order chi connectivity index (χ1) is 10.1. The summed E-state index contributed by atoms with van der Waals surface area (Å²) in [5.74, 6) is 1.02. The third kappa shape index (κ3) is 4.37. The van der Waals surface area contributed by atoms with Crippen molar-refractivity contribution in [3.8, 4) is 5.75 Å². The van der Waals surface area contributed by atoms with Gasteiger partial charge in [0.1, 0.15) is 5.75 Å². The Labute approximate surface area is 129 Å². The quantitative estimate of drug-likeness (QED) is 0.858. The van der Waals surface area contributed by atoms with Gasteiger partial charge in [0, 0.05) is 19.6 Å². The number of hydrogen-bond acceptors (Lipinski definition) is 3. The molecule has 0 unspecified atom stereocenters. The summed E-state index contributed by atoms with van der Waals surface area (Å²) in [5, 5.41) is 3.21. The van der Waals surface area contributed by atoms with Crippen LogP contribution in [0.3, 0.4) is 0 Å². The van der Waals surface area contributed by atoms with Crippen molar-refractivity contribution in [2.24, 2.45) is 0 Å². The molecular formula is C18H30N2O. The Morgan fingerprint density at radius 2 is 1.95 bits per heavy atom. The topological polar surface area (TPSA) is 24.5 Å². The van der Waals surface area contributed by atoms with Crippen LogP contribution in [0.5, 0.6) is 5.75 Å². The first-order valence-electron chi connectivity index (χ1n) is 8.29. The van der Waals surface area contributed by atoms with Crippen LogP contribution in [0.1, 0.15) is 51.5 Å². The molecule has 1 N–H and O–H groups in total. The predicted octanol–water partition coefficient (Wildman–Crippen LogP) is 3.96. The van der Waals surface area contributed by atoms with Crippen LogP contribution < -0.4 is 15.0 Å². The van der Waals surface area contributed by atoms with E-state index in [1.165, 1.54) is 43.4 Å². The summed E-state index contributed by atoms with van der Waals surface area (Å²) < 4.78 is 6.07. The third-order valence-corrected chi connectivity index (χ3v) is 4.27. The Hall–Kier alpha value is -1.22. The molecule has 3 heteroatoms. The maximum Gasteiger partial charge on any atom is 0.143 e. The van der Waals surface area contributed by atoms with E-state index >= 15 is 0 Å². The molecule has 0 aliphatic heterocycles. The van der Waals surface area contributed by atoms with Crippen LogP contribution in [0.25, 0.3) is 0 Å². The first kappa shape index (κ1) is 16.2. The summed E-state index contributed by atoms with van der Waals surface area (Å²) in [5.41, 5.74) is 2.50. The largest absolute Gasteiger partial charge is 0.489 e. The van der Waals surface area contributed by atoms with Gasteiger partial charge in [0.05, 0.1) is 11.8 Å². The Morgan fingerprint density at radius 3 is 2.57 bits per heavy atom. The number of anilines is 1. The highest BCUT2D eigenvalue weighted by atomic mass is 16.5. The van der Waals surface area contributed by atoms with E-state index in [2.05, 4.69) is 49.3 Å². The molecule has 0 heterocycles. The van der Waals surface area contributed by atoms with Gasteiger partial charge in [-0.2, -0.15) is 0 Å². The second-order valence-electron chi connectivity index (χ2n) is 6.40. The van der Waals surface area contributed by atoms with Crippen LogP contribution in [-0.4, -0.2) is 26.2 Å². The van der Waals surface area contributed by atoms with Crippen molar-refractivity contribution < 1.29 is 4.74 Å². The van der Waals surface area contributed by atoms with Crippen molar-refractivity contribution >= 4 is 5.69 Å². The second kappa shape index (κ2) is 7.69. The van der Waals surface area contributed by atoms with Crippen LogP contribution in [-0.2, 0) is 6.54 Å². The van der Waals surface area contributed by atoms with E-state index in [1.54, 1.807) is 0 Å². The minimum Gasteiger partial charge on any atom is -0.489 e. The fourth-order valence-electron chi connectivity index (χ4n) is 3.18. The molecule has 0 bridgehead atoms. The van der Waals surface area contributed by atoms with Crippen LogP contribution in [0.2, 0.25) is 0 Å². The van der Waals surface area contributed by atoms with Gasteiger partial charge in [-0.05, 0) is 51.4 Å².